The topological polar surface area (TPSA) is 89.5 Å². The molecule has 0 aliphatic heterocycles. The highest BCUT2D eigenvalue weighted by Gasteiger charge is 2.29. The summed E-state index contributed by atoms with van der Waals surface area (Å²) < 4.78 is 28.4. The molecule has 0 fully saturated rings. The van der Waals surface area contributed by atoms with E-state index in [4.69, 9.17) is 4.74 Å². The van der Waals surface area contributed by atoms with Gasteiger partial charge >= 0.3 is 5.97 Å². The molecule has 2 aromatic rings. The molecule has 0 saturated heterocycles. The van der Waals surface area contributed by atoms with Gasteiger partial charge in [0.15, 0.2) is 9.84 Å². The molecule has 6 nitrogen and oxygen atoms in total. The molecular formula is C19H21NO5S2. The van der Waals surface area contributed by atoms with Crippen LogP contribution < -0.4 is 5.32 Å². The monoisotopic (exact) mass is 407 g/mol. The fraction of sp³-hybridized carbons (Fsp3) is 0.368. The molecule has 1 aliphatic carbocycles. The molecule has 27 heavy (non-hydrogen) atoms. The molecule has 1 heterocycles. The summed E-state index contributed by atoms with van der Waals surface area (Å²) in [6, 6.07) is 5.83. The molecule has 0 unspecified atom stereocenters. The van der Waals surface area contributed by atoms with Crippen LogP contribution in [0.1, 0.15) is 44.5 Å². The Morgan fingerprint density at radius 1 is 1.30 bits per heavy atom. The van der Waals surface area contributed by atoms with Crippen LogP contribution in [0, 0.1) is 5.92 Å². The van der Waals surface area contributed by atoms with Gasteiger partial charge in [-0.15, -0.1) is 11.3 Å². The number of rotatable bonds is 4. The molecule has 1 N–H and O–H groups in total. The van der Waals surface area contributed by atoms with Crippen LogP contribution in [0.25, 0.3) is 0 Å². The molecule has 1 aliphatic rings. The Hall–Kier alpha value is -2.19. The maximum atomic E-state index is 12.7. The Morgan fingerprint density at radius 2 is 2.04 bits per heavy atom. The standard InChI is InChI=1S/C19H21NO5S2/c1-11-7-8-14-15(9-11)26-18(16(14)19(22)25-2)20-17(21)12-5-4-6-13(10-12)27(3,23)24/h4-6,10-11H,7-9H2,1-3H3,(H,20,21)/t11-/m0/s1. The fourth-order valence-corrected chi connectivity index (χ4v) is 5.26. The van der Waals surface area contributed by atoms with Gasteiger partial charge in [-0.3, -0.25) is 4.79 Å². The second-order valence-corrected chi connectivity index (χ2v) is 9.92. The molecule has 144 valence electrons. The predicted octanol–water partition coefficient (Wildman–Crippen LogP) is 3.32. The normalized spacial score (nSPS) is 16.5. The molecule has 0 bridgehead atoms. The van der Waals surface area contributed by atoms with Crippen molar-refractivity contribution in [3.63, 3.8) is 0 Å². The highest BCUT2D eigenvalue weighted by Crippen LogP contribution is 2.40. The number of methoxy groups -OCH3 is 1. The third kappa shape index (κ3) is 4.06. The minimum atomic E-state index is -3.42. The first-order chi connectivity index (χ1) is 12.7. The van der Waals surface area contributed by atoms with Crippen LogP contribution in [0.4, 0.5) is 5.00 Å². The molecule has 1 atom stereocenters. The van der Waals surface area contributed by atoms with Gasteiger partial charge in [-0.1, -0.05) is 13.0 Å². The van der Waals surface area contributed by atoms with E-state index in [1.165, 1.54) is 42.7 Å². The van der Waals surface area contributed by atoms with Crippen LogP contribution in [0.5, 0.6) is 0 Å². The Morgan fingerprint density at radius 3 is 2.70 bits per heavy atom. The van der Waals surface area contributed by atoms with Gasteiger partial charge in [0.05, 0.1) is 17.6 Å². The number of sulfone groups is 1. The summed E-state index contributed by atoms with van der Waals surface area (Å²) in [5.41, 5.74) is 1.58. The number of esters is 1. The number of anilines is 1. The van der Waals surface area contributed by atoms with Crippen LogP contribution in [0.3, 0.4) is 0 Å². The molecular weight excluding hydrogens is 386 g/mol. The summed E-state index contributed by atoms with van der Waals surface area (Å²) in [6.45, 7) is 2.16. The molecule has 1 aromatic heterocycles. The van der Waals surface area contributed by atoms with Gasteiger partial charge in [0.1, 0.15) is 5.00 Å². The lowest BCUT2D eigenvalue weighted by Crippen LogP contribution is -2.16. The molecule has 1 amide bonds. The minimum absolute atomic E-state index is 0.0719. The van der Waals surface area contributed by atoms with E-state index >= 15 is 0 Å². The number of carbonyl (C=O) groups is 2. The van der Waals surface area contributed by atoms with Crippen molar-refractivity contribution in [1.29, 1.82) is 0 Å². The van der Waals surface area contributed by atoms with Crippen molar-refractivity contribution in [2.75, 3.05) is 18.7 Å². The van der Waals surface area contributed by atoms with E-state index in [0.717, 1.165) is 36.0 Å². The average Bonchev–Trinajstić information content (AvgIpc) is 2.97. The van der Waals surface area contributed by atoms with Crippen molar-refractivity contribution in [3.05, 3.63) is 45.8 Å². The first-order valence-electron chi connectivity index (χ1n) is 8.55. The molecule has 0 spiro atoms. The van der Waals surface area contributed by atoms with E-state index in [1.807, 2.05) is 0 Å². The van der Waals surface area contributed by atoms with Crippen molar-refractivity contribution < 1.29 is 22.7 Å². The minimum Gasteiger partial charge on any atom is -0.465 e. The van der Waals surface area contributed by atoms with Gasteiger partial charge in [-0.2, -0.15) is 0 Å². The van der Waals surface area contributed by atoms with Gasteiger partial charge in [-0.05, 0) is 48.9 Å². The first kappa shape index (κ1) is 19.6. The number of hydrogen-bond acceptors (Lipinski definition) is 6. The Kier molecular flexibility index (Phi) is 5.39. The number of thiophene rings is 1. The maximum Gasteiger partial charge on any atom is 0.341 e. The van der Waals surface area contributed by atoms with E-state index in [-0.39, 0.29) is 10.5 Å². The van der Waals surface area contributed by atoms with Gasteiger partial charge in [0, 0.05) is 16.7 Å². The molecule has 0 saturated carbocycles. The van der Waals surface area contributed by atoms with Crippen molar-refractivity contribution in [1.82, 2.24) is 0 Å². The number of ether oxygens (including phenoxy) is 1. The third-order valence-electron chi connectivity index (χ3n) is 4.65. The second kappa shape index (κ2) is 7.44. The number of amides is 1. The fourth-order valence-electron chi connectivity index (χ4n) is 3.20. The van der Waals surface area contributed by atoms with Crippen molar-refractivity contribution >= 4 is 38.1 Å². The third-order valence-corrected chi connectivity index (χ3v) is 6.93. The van der Waals surface area contributed by atoms with Crippen LogP contribution in [-0.4, -0.2) is 33.7 Å². The largest absolute Gasteiger partial charge is 0.465 e. The maximum absolute atomic E-state index is 12.7. The first-order valence-corrected chi connectivity index (χ1v) is 11.3. The number of hydrogen-bond donors (Lipinski definition) is 1. The van der Waals surface area contributed by atoms with Crippen LogP contribution >= 0.6 is 11.3 Å². The Bertz CT molecular complexity index is 1010. The van der Waals surface area contributed by atoms with Crippen molar-refractivity contribution in [2.45, 2.75) is 31.1 Å². The zero-order valence-electron chi connectivity index (χ0n) is 15.4. The zero-order chi connectivity index (χ0) is 19.8. The smallest absolute Gasteiger partial charge is 0.341 e. The lowest BCUT2D eigenvalue weighted by atomic mass is 9.88. The summed E-state index contributed by atoms with van der Waals surface area (Å²) in [7, 11) is -2.10. The van der Waals surface area contributed by atoms with Crippen LogP contribution in [0.15, 0.2) is 29.2 Å². The van der Waals surface area contributed by atoms with E-state index < -0.39 is 21.7 Å². The summed E-state index contributed by atoms with van der Waals surface area (Å²) in [5.74, 6) is -0.406. The molecule has 0 radical (unpaired) electrons. The highest BCUT2D eigenvalue weighted by atomic mass is 32.2. The lowest BCUT2D eigenvalue weighted by Gasteiger charge is -2.18. The van der Waals surface area contributed by atoms with Crippen LogP contribution in [-0.2, 0) is 27.4 Å². The van der Waals surface area contributed by atoms with Crippen LogP contribution in [0.2, 0.25) is 0 Å². The summed E-state index contributed by atoms with van der Waals surface area (Å²) in [6.07, 6.45) is 3.71. The van der Waals surface area contributed by atoms with Gasteiger partial charge in [0.2, 0.25) is 0 Å². The van der Waals surface area contributed by atoms with E-state index in [0.29, 0.717) is 16.5 Å². The quantitative estimate of drug-likeness (QED) is 0.786. The van der Waals surface area contributed by atoms with Gasteiger partial charge in [0.25, 0.3) is 5.91 Å². The number of carbonyl (C=O) groups excluding carboxylic acids is 2. The molecule has 1 aromatic carbocycles. The van der Waals surface area contributed by atoms with E-state index in [2.05, 4.69) is 12.2 Å². The Labute approximate surface area is 162 Å². The number of fused-ring (bicyclic) bond motifs is 1. The summed E-state index contributed by atoms with van der Waals surface area (Å²) in [5, 5.41) is 3.23. The summed E-state index contributed by atoms with van der Waals surface area (Å²) >= 11 is 1.39. The van der Waals surface area contributed by atoms with E-state index in [1.54, 1.807) is 0 Å². The number of benzene rings is 1. The van der Waals surface area contributed by atoms with Crippen molar-refractivity contribution in [3.8, 4) is 0 Å². The van der Waals surface area contributed by atoms with Gasteiger partial charge in [-0.25, -0.2) is 13.2 Å². The highest BCUT2D eigenvalue weighted by molar-refractivity contribution is 7.90. The van der Waals surface area contributed by atoms with E-state index in [9.17, 15) is 18.0 Å². The lowest BCUT2D eigenvalue weighted by molar-refractivity contribution is 0.0601. The molecule has 3 rings (SSSR count). The number of nitrogens with one attached hydrogen (secondary N) is 1. The van der Waals surface area contributed by atoms with Crippen molar-refractivity contribution in [2.24, 2.45) is 5.92 Å². The van der Waals surface area contributed by atoms with Gasteiger partial charge < -0.3 is 10.1 Å². The Balaban J connectivity index is 1.96. The zero-order valence-corrected chi connectivity index (χ0v) is 17.0. The summed E-state index contributed by atoms with van der Waals surface area (Å²) in [4.78, 5) is 26.2. The molecule has 8 heteroatoms. The average molecular weight is 408 g/mol. The second-order valence-electron chi connectivity index (χ2n) is 6.80. The predicted molar refractivity (Wildman–Crippen MR) is 104 cm³/mol. The SMILES string of the molecule is COC(=O)c1c(NC(=O)c2cccc(S(C)(=O)=O)c2)sc2c1CC[C@H](C)C2.